The molecule has 1 aliphatic heterocycles. The van der Waals surface area contributed by atoms with Crippen LogP contribution in [0.25, 0.3) is 0 Å². The van der Waals surface area contributed by atoms with Crippen LogP contribution in [0, 0.1) is 0 Å². The molecule has 5 nitrogen and oxygen atoms in total. The Labute approximate surface area is 95.4 Å². The average Bonchev–Trinajstić information content (AvgIpc) is 2.29. The maximum Gasteiger partial charge on any atom is 0.410 e. The molecule has 0 saturated carbocycles. The maximum absolute atomic E-state index is 11.6. The van der Waals surface area contributed by atoms with Crippen LogP contribution in [0.1, 0.15) is 39.0 Å². The molecule has 1 unspecified atom stereocenters. The summed E-state index contributed by atoms with van der Waals surface area (Å²) in [6.07, 6.45) is 3.52. The van der Waals surface area contributed by atoms with Crippen molar-refractivity contribution in [1.82, 2.24) is 4.90 Å². The van der Waals surface area contributed by atoms with E-state index in [4.69, 9.17) is 9.84 Å². The molecule has 1 amide bonds. The highest BCUT2D eigenvalue weighted by atomic mass is 16.6. The van der Waals surface area contributed by atoms with Gasteiger partial charge < -0.3 is 9.84 Å². The molecule has 0 radical (unpaired) electrons. The van der Waals surface area contributed by atoms with Crippen molar-refractivity contribution in [3.05, 3.63) is 0 Å². The van der Waals surface area contributed by atoms with Crippen molar-refractivity contribution in [2.24, 2.45) is 0 Å². The lowest BCUT2D eigenvalue weighted by molar-refractivity contribution is -0.143. The number of rotatable bonds is 4. The Morgan fingerprint density at radius 3 is 2.81 bits per heavy atom. The normalized spacial score (nSPS) is 20.6. The Balaban J connectivity index is 2.47. The Hall–Kier alpha value is -1.26. The number of carboxylic acid groups (broad SMARTS) is 1. The molecule has 0 aliphatic carbocycles. The predicted octanol–water partition coefficient (Wildman–Crippen LogP) is 1.86. The van der Waals surface area contributed by atoms with Gasteiger partial charge in [-0.3, -0.25) is 4.90 Å². The Morgan fingerprint density at radius 1 is 1.44 bits per heavy atom. The van der Waals surface area contributed by atoms with Gasteiger partial charge in [-0.1, -0.05) is 13.3 Å². The zero-order chi connectivity index (χ0) is 12.0. The molecule has 1 rings (SSSR count). The quantitative estimate of drug-likeness (QED) is 0.747. The van der Waals surface area contributed by atoms with Gasteiger partial charge in [0.15, 0.2) is 0 Å². The van der Waals surface area contributed by atoms with Crippen LogP contribution >= 0.6 is 0 Å². The first kappa shape index (κ1) is 12.8. The number of ether oxygens (including phenoxy) is 1. The first-order valence-electron chi connectivity index (χ1n) is 5.83. The van der Waals surface area contributed by atoms with Crippen LogP contribution in [0.4, 0.5) is 4.79 Å². The van der Waals surface area contributed by atoms with Gasteiger partial charge in [-0.15, -0.1) is 0 Å². The molecule has 1 fully saturated rings. The second kappa shape index (κ2) is 6.35. The van der Waals surface area contributed by atoms with E-state index in [2.05, 4.69) is 0 Å². The number of unbranched alkanes of at least 4 members (excludes halogenated alkanes) is 1. The number of hydrogen-bond donors (Lipinski definition) is 1. The summed E-state index contributed by atoms with van der Waals surface area (Å²) < 4.78 is 5.03. The van der Waals surface area contributed by atoms with E-state index >= 15 is 0 Å². The van der Waals surface area contributed by atoms with E-state index in [1.807, 2.05) is 6.92 Å². The van der Waals surface area contributed by atoms with E-state index < -0.39 is 18.1 Å². The van der Waals surface area contributed by atoms with Gasteiger partial charge in [-0.25, -0.2) is 9.59 Å². The van der Waals surface area contributed by atoms with Crippen LogP contribution < -0.4 is 0 Å². The first-order valence-corrected chi connectivity index (χ1v) is 5.83. The summed E-state index contributed by atoms with van der Waals surface area (Å²) in [5.41, 5.74) is 0. The van der Waals surface area contributed by atoms with Gasteiger partial charge in [-0.05, 0) is 25.7 Å². The zero-order valence-corrected chi connectivity index (χ0v) is 9.65. The van der Waals surface area contributed by atoms with Crippen LogP contribution in [0.5, 0.6) is 0 Å². The smallest absolute Gasteiger partial charge is 0.410 e. The van der Waals surface area contributed by atoms with Gasteiger partial charge in [0.05, 0.1) is 6.61 Å². The van der Waals surface area contributed by atoms with Gasteiger partial charge in [0, 0.05) is 6.54 Å². The van der Waals surface area contributed by atoms with E-state index in [9.17, 15) is 9.59 Å². The number of amides is 1. The zero-order valence-electron chi connectivity index (χ0n) is 9.65. The molecule has 1 atom stereocenters. The van der Waals surface area contributed by atoms with E-state index in [0.717, 1.165) is 25.7 Å². The Morgan fingerprint density at radius 2 is 2.19 bits per heavy atom. The maximum atomic E-state index is 11.6. The van der Waals surface area contributed by atoms with Gasteiger partial charge in [0.2, 0.25) is 0 Å². The first-order chi connectivity index (χ1) is 7.66. The number of aliphatic carboxylic acids is 1. The van der Waals surface area contributed by atoms with Gasteiger partial charge in [0.25, 0.3) is 0 Å². The molecule has 0 aromatic heterocycles. The summed E-state index contributed by atoms with van der Waals surface area (Å²) >= 11 is 0. The topological polar surface area (TPSA) is 66.8 Å². The minimum Gasteiger partial charge on any atom is -0.480 e. The summed E-state index contributed by atoms with van der Waals surface area (Å²) in [6, 6.07) is -0.706. The molecule has 1 aliphatic rings. The number of piperidine rings is 1. The number of hydrogen-bond acceptors (Lipinski definition) is 3. The fourth-order valence-corrected chi connectivity index (χ4v) is 1.79. The van der Waals surface area contributed by atoms with Crippen LogP contribution in [0.2, 0.25) is 0 Å². The summed E-state index contributed by atoms with van der Waals surface area (Å²) in [7, 11) is 0. The fourth-order valence-electron chi connectivity index (χ4n) is 1.79. The number of likely N-dealkylation sites (tertiary alicyclic amines) is 1. The summed E-state index contributed by atoms with van der Waals surface area (Å²) in [6.45, 7) is 2.87. The molecule has 0 spiro atoms. The van der Waals surface area contributed by atoms with Crippen molar-refractivity contribution in [2.45, 2.75) is 45.1 Å². The van der Waals surface area contributed by atoms with E-state index in [1.165, 1.54) is 4.90 Å². The van der Waals surface area contributed by atoms with E-state index in [0.29, 0.717) is 19.6 Å². The predicted molar refractivity (Wildman–Crippen MR) is 58.2 cm³/mol. The van der Waals surface area contributed by atoms with Gasteiger partial charge in [0.1, 0.15) is 6.04 Å². The molecule has 0 bridgehead atoms. The highest BCUT2D eigenvalue weighted by Gasteiger charge is 2.32. The van der Waals surface area contributed by atoms with Crippen molar-refractivity contribution < 1.29 is 19.4 Å². The van der Waals surface area contributed by atoms with Gasteiger partial charge in [-0.2, -0.15) is 0 Å². The number of carbonyl (C=O) groups excluding carboxylic acids is 1. The van der Waals surface area contributed by atoms with E-state index in [1.54, 1.807) is 0 Å². The molecule has 1 N–H and O–H groups in total. The largest absolute Gasteiger partial charge is 0.480 e. The molecule has 5 heteroatoms. The molecule has 1 saturated heterocycles. The van der Waals surface area contributed by atoms with Crippen molar-refractivity contribution in [2.75, 3.05) is 13.2 Å². The molecular weight excluding hydrogens is 210 g/mol. The molecule has 16 heavy (non-hydrogen) atoms. The summed E-state index contributed by atoms with van der Waals surface area (Å²) in [5.74, 6) is -0.938. The third-order valence-electron chi connectivity index (χ3n) is 2.75. The third kappa shape index (κ3) is 3.40. The van der Waals surface area contributed by atoms with Crippen molar-refractivity contribution in [1.29, 1.82) is 0 Å². The standard InChI is InChI=1S/C11H19NO4/c1-2-3-8-16-11(15)12-7-5-4-6-9(12)10(13)14/h9H,2-8H2,1H3,(H,13,14). The molecule has 92 valence electrons. The fraction of sp³-hybridized carbons (Fsp3) is 0.818. The lowest BCUT2D eigenvalue weighted by atomic mass is 10.0. The molecule has 0 aromatic rings. The number of carboxylic acids is 1. The summed E-state index contributed by atoms with van der Waals surface area (Å²) in [4.78, 5) is 23.9. The SMILES string of the molecule is CCCCOC(=O)N1CCCCC1C(=O)O. The second-order valence-corrected chi connectivity index (χ2v) is 4.01. The molecule has 0 aromatic carbocycles. The van der Waals surface area contributed by atoms with E-state index in [-0.39, 0.29) is 0 Å². The Kier molecular flexibility index (Phi) is 5.08. The number of nitrogens with zero attached hydrogens (tertiary/aromatic N) is 1. The highest BCUT2D eigenvalue weighted by molar-refractivity contribution is 5.80. The lowest BCUT2D eigenvalue weighted by Crippen LogP contribution is -2.48. The van der Waals surface area contributed by atoms with Crippen molar-refractivity contribution in [3.63, 3.8) is 0 Å². The van der Waals surface area contributed by atoms with Crippen LogP contribution in [-0.2, 0) is 9.53 Å². The van der Waals surface area contributed by atoms with Crippen molar-refractivity contribution >= 4 is 12.1 Å². The summed E-state index contributed by atoms with van der Waals surface area (Å²) in [5, 5.41) is 8.98. The average molecular weight is 229 g/mol. The second-order valence-electron chi connectivity index (χ2n) is 4.01. The minimum atomic E-state index is -0.938. The third-order valence-corrected chi connectivity index (χ3v) is 2.75. The van der Waals surface area contributed by atoms with Crippen LogP contribution in [-0.4, -0.2) is 41.3 Å². The number of carbonyl (C=O) groups is 2. The minimum absolute atomic E-state index is 0.373. The highest BCUT2D eigenvalue weighted by Crippen LogP contribution is 2.18. The molecular formula is C11H19NO4. The monoisotopic (exact) mass is 229 g/mol. The van der Waals surface area contributed by atoms with Crippen LogP contribution in [0.3, 0.4) is 0 Å². The van der Waals surface area contributed by atoms with Crippen LogP contribution in [0.15, 0.2) is 0 Å². The van der Waals surface area contributed by atoms with Gasteiger partial charge >= 0.3 is 12.1 Å². The molecule has 1 heterocycles. The Bertz CT molecular complexity index is 254. The lowest BCUT2D eigenvalue weighted by Gasteiger charge is -2.31. The van der Waals surface area contributed by atoms with Crippen molar-refractivity contribution in [3.8, 4) is 0 Å².